The third-order valence-corrected chi connectivity index (χ3v) is 5.97. The molecule has 3 unspecified atom stereocenters. The minimum atomic E-state index is -0.686. The van der Waals surface area contributed by atoms with Crippen molar-refractivity contribution in [3.8, 4) is 0 Å². The number of morpholine rings is 1. The standard InChI is InChI=1S/C26H32ClN3O4/c1-16(2)23(29-24(31)20-9-11-22(27)12-10-20)25(32)28-13-19-5-7-21(8-6-19)26(33)30-14-17(3)34-18(4)15-30/h5-12,16-18,23H,13-15H2,1-4H3,(H,28,32)(H,29,31). The Hall–Kier alpha value is -2.90. The van der Waals surface area contributed by atoms with Gasteiger partial charge in [-0.1, -0.05) is 37.6 Å². The number of amides is 3. The van der Waals surface area contributed by atoms with Crippen LogP contribution in [0.1, 0.15) is 54.0 Å². The molecule has 1 fully saturated rings. The molecule has 0 radical (unpaired) electrons. The number of hydrogen-bond donors (Lipinski definition) is 2. The Bertz CT molecular complexity index is 998. The maximum atomic E-state index is 12.8. The summed E-state index contributed by atoms with van der Waals surface area (Å²) in [6.45, 7) is 9.10. The first kappa shape index (κ1) is 25.7. The lowest BCUT2D eigenvalue weighted by atomic mass is 10.0. The lowest BCUT2D eigenvalue weighted by Crippen LogP contribution is -2.49. The molecule has 3 amide bonds. The number of nitrogens with zero attached hydrogens (tertiary/aromatic N) is 1. The minimum absolute atomic E-state index is 0.0104. The monoisotopic (exact) mass is 485 g/mol. The third-order valence-electron chi connectivity index (χ3n) is 5.72. The summed E-state index contributed by atoms with van der Waals surface area (Å²) in [5, 5.41) is 6.22. The number of rotatable bonds is 7. The van der Waals surface area contributed by atoms with Gasteiger partial charge in [0.1, 0.15) is 6.04 Å². The van der Waals surface area contributed by atoms with Crippen molar-refractivity contribution in [3.05, 3.63) is 70.2 Å². The molecular formula is C26H32ClN3O4. The summed E-state index contributed by atoms with van der Waals surface area (Å²) < 4.78 is 5.70. The van der Waals surface area contributed by atoms with Gasteiger partial charge in [0.15, 0.2) is 0 Å². The first-order valence-corrected chi connectivity index (χ1v) is 11.9. The van der Waals surface area contributed by atoms with Gasteiger partial charge in [-0.3, -0.25) is 14.4 Å². The zero-order valence-corrected chi connectivity index (χ0v) is 20.8. The summed E-state index contributed by atoms with van der Waals surface area (Å²) in [6, 6.07) is 13.0. The lowest BCUT2D eigenvalue weighted by Gasteiger charge is -2.35. The van der Waals surface area contributed by atoms with E-state index in [0.29, 0.717) is 35.8 Å². The van der Waals surface area contributed by atoms with Crippen LogP contribution in [0.2, 0.25) is 5.02 Å². The average molecular weight is 486 g/mol. The van der Waals surface area contributed by atoms with E-state index in [1.165, 1.54) is 0 Å². The molecule has 2 aromatic carbocycles. The van der Waals surface area contributed by atoms with Crippen LogP contribution in [0.15, 0.2) is 48.5 Å². The summed E-state index contributed by atoms with van der Waals surface area (Å²) in [6.07, 6.45) is 0.0209. The van der Waals surface area contributed by atoms with Crippen LogP contribution in [-0.2, 0) is 16.1 Å². The normalized spacial score (nSPS) is 18.9. The number of hydrogen-bond acceptors (Lipinski definition) is 4. The fraction of sp³-hybridized carbons (Fsp3) is 0.423. The molecule has 3 atom stereocenters. The van der Waals surface area contributed by atoms with E-state index in [9.17, 15) is 14.4 Å². The van der Waals surface area contributed by atoms with E-state index >= 15 is 0 Å². The number of ether oxygens (including phenoxy) is 1. The quantitative estimate of drug-likeness (QED) is 0.626. The number of carbonyl (C=O) groups is 3. The zero-order valence-electron chi connectivity index (χ0n) is 20.0. The molecule has 0 spiro atoms. The van der Waals surface area contributed by atoms with Crippen LogP contribution < -0.4 is 10.6 Å². The average Bonchev–Trinajstić information content (AvgIpc) is 2.80. The number of halogens is 1. The molecule has 8 heteroatoms. The van der Waals surface area contributed by atoms with E-state index in [2.05, 4.69) is 10.6 Å². The molecule has 34 heavy (non-hydrogen) atoms. The SMILES string of the molecule is CC1CN(C(=O)c2ccc(CNC(=O)C(NC(=O)c3ccc(Cl)cc3)C(C)C)cc2)CC(C)O1. The number of nitrogens with one attached hydrogen (secondary N) is 2. The highest BCUT2D eigenvalue weighted by Gasteiger charge is 2.27. The molecular weight excluding hydrogens is 454 g/mol. The predicted molar refractivity (Wildman–Crippen MR) is 132 cm³/mol. The van der Waals surface area contributed by atoms with Crippen molar-refractivity contribution in [3.63, 3.8) is 0 Å². The molecule has 1 heterocycles. The first-order valence-electron chi connectivity index (χ1n) is 11.5. The van der Waals surface area contributed by atoms with Crippen molar-refractivity contribution >= 4 is 29.3 Å². The molecule has 0 aliphatic carbocycles. The Morgan fingerprint density at radius 2 is 1.53 bits per heavy atom. The second-order valence-corrected chi connectivity index (χ2v) is 9.52. The largest absolute Gasteiger partial charge is 0.372 e. The van der Waals surface area contributed by atoms with Crippen molar-refractivity contribution in [2.75, 3.05) is 13.1 Å². The van der Waals surface area contributed by atoms with Gasteiger partial charge >= 0.3 is 0 Å². The fourth-order valence-corrected chi connectivity index (χ4v) is 4.08. The molecule has 1 aliphatic heterocycles. The highest BCUT2D eigenvalue weighted by Crippen LogP contribution is 2.15. The van der Waals surface area contributed by atoms with Gasteiger partial charge in [0.25, 0.3) is 11.8 Å². The van der Waals surface area contributed by atoms with Crippen molar-refractivity contribution in [2.45, 2.75) is 52.5 Å². The van der Waals surface area contributed by atoms with Gasteiger partial charge in [-0.05, 0) is 61.7 Å². The molecule has 2 aromatic rings. The summed E-state index contributed by atoms with van der Waals surface area (Å²) in [5.41, 5.74) is 1.90. The van der Waals surface area contributed by atoms with Gasteiger partial charge in [0, 0.05) is 35.8 Å². The van der Waals surface area contributed by atoms with Gasteiger partial charge in [-0.15, -0.1) is 0 Å². The highest BCUT2D eigenvalue weighted by atomic mass is 35.5. The Balaban J connectivity index is 1.56. The van der Waals surface area contributed by atoms with Crippen molar-refractivity contribution in [1.82, 2.24) is 15.5 Å². The Kier molecular flexibility index (Phi) is 8.69. The van der Waals surface area contributed by atoms with Crippen molar-refractivity contribution < 1.29 is 19.1 Å². The Labute approximate surface area is 205 Å². The van der Waals surface area contributed by atoms with Crippen LogP contribution in [-0.4, -0.2) is 54.0 Å². The molecule has 3 rings (SSSR count). The summed E-state index contributed by atoms with van der Waals surface area (Å²) in [5.74, 6) is -0.731. The van der Waals surface area contributed by atoms with E-state index in [1.54, 1.807) is 36.4 Å². The second kappa shape index (κ2) is 11.5. The van der Waals surface area contributed by atoms with Crippen LogP contribution in [0.25, 0.3) is 0 Å². The van der Waals surface area contributed by atoms with E-state index < -0.39 is 6.04 Å². The molecule has 7 nitrogen and oxygen atoms in total. The van der Waals surface area contributed by atoms with Crippen LogP contribution in [0, 0.1) is 5.92 Å². The van der Waals surface area contributed by atoms with Crippen LogP contribution in [0.5, 0.6) is 0 Å². The maximum Gasteiger partial charge on any atom is 0.254 e. The molecule has 1 aliphatic rings. The van der Waals surface area contributed by atoms with Gasteiger partial charge in [-0.25, -0.2) is 0 Å². The lowest BCUT2D eigenvalue weighted by molar-refractivity contribution is -0.124. The summed E-state index contributed by atoms with van der Waals surface area (Å²) >= 11 is 5.88. The van der Waals surface area contributed by atoms with Crippen LogP contribution >= 0.6 is 11.6 Å². The van der Waals surface area contributed by atoms with Gasteiger partial charge in [0.2, 0.25) is 5.91 Å². The smallest absolute Gasteiger partial charge is 0.254 e. The molecule has 0 saturated carbocycles. The summed E-state index contributed by atoms with van der Waals surface area (Å²) in [4.78, 5) is 40.0. The molecule has 1 saturated heterocycles. The molecule has 0 bridgehead atoms. The summed E-state index contributed by atoms with van der Waals surface area (Å²) in [7, 11) is 0. The maximum absolute atomic E-state index is 12.8. The van der Waals surface area contributed by atoms with E-state index in [1.807, 2.05) is 44.7 Å². The van der Waals surface area contributed by atoms with E-state index in [-0.39, 0.29) is 35.8 Å². The van der Waals surface area contributed by atoms with Crippen molar-refractivity contribution in [2.24, 2.45) is 5.92 Å². The first-order chi connectivity index (χ1) is 16.1. The van der Waals surface area contributed by atoms with Gasteiger partial charge in [-0.2, -0.15) is 0 Å². The third kappa shape index (κ3) is 6.81. The predicted octanol–water partition coefficient (Wildman–Crippen LogP) is 3.66. The van der Waals surface area contributed by atoms with E-state index in [4.69, 9.17) is 16.3 Å². The number of carbonyl (C=O) groups excluding carboxylic acids is 3. The van der Waals surface area contributed by atoms with E-state index in [0.717, 1.165) is 5.56 Å². The highest BCUT2D eigenvalue weighted by molar-refractivity contribution is 6.30. The van der Waals surface area contributed by atoms with Gasteiger partial charge < -0.3 is 20.3 Å². The second-order valence-electron chi connectivity index (χ2n) is 9.08. The zero-order chi connectivity index (χ0) is 24.8. The molecule has 182 valence electrons. The Morgan fingerprint density at radius 1 is 0.971 bits per heavy atom. The van der Waals surface area contributed by atoms with Crippen LogP contribution in [0.4, 0.5) is 0 Å². The Morgan fingerprint density at radius 3 is 2.09 bits per heavy atom. The number of benzene rings is 2. The molecule has 0 aromatic heterocycles. The van der Waals surface area contributed by atoms with Gasteiger partial charge in [0.05, 0.1) is 12.2 Å². The minimum Gasteiger partial charge on any atom is -0.372 e. The van der Waals surface area contributed by atoms with Crippen molar-refractivity contribution in [1.29, 1.82) is 0 Å². The molecule has 2 N–H and O–H groups in total. The van der Waals surface area contributed by atoms with Crippen LogP contribution in [0.3, 0.4) is 0 Å². The fourth-order valence-electron chi connectivity index (χ4n) is 3.95. The topological polar surface area (TPSA) is 87.7 Å².